The van der Waals surface area contributed by atoms with Crippen molar-refractivity contribution in [2.75, 3.05) is 24.8 Å². The standard InChI is InChI=1S/C10H13Cl2NO/c11-6-8-13(9-7-12)14-10-4-2-1-3-5-10/h1-5H,6-9H2. The van der Waals surface area contributed by atoms with Crippen LogP contribution >= 0.6 is 23.2 Å². The molecule has 1 aromatic rings. The summed E-state index contributed by atoms with van der Waals surface area (Å²) < 4.78 is 0. The molecule has 14 heavy (non-hydrogen) atoms. The second kappa shape index (κ2) is 6.93. The van der Waals surface area contributed by atoms with E-state index < -0.39 is 0 Å². The van der Waals surface area contributed by atoms with Crippen LogP contribution in [-0.2, 0) is 0 Å². The van der Waals surface area contributed by atoms with Gasteiger partial charge in [0.2, 0.25) is 0 Å². The minimum atomic E-state index is 0.531. The lowest BCUT2D eigenvalue weighted by Crippen LogP contribution is -2.31. The first-order valence-corrected chi connectivity index (χ1v) is 5.53. The van der Waals surface area contributed by atoms with E-state index in [0.717, 1.165) is 5.75 Å². The number of nitrogens with zero attached hydrogens (tertiary/aromatic N) is 1. The largest absolute Gasteiger partial charge is 0.406 e. The third-order valence-corrected chi connectivity index (χ3v) is 1.98. The lowest BCUT2D eigenvalue weighted by Gasteiger charge is -2.20. The van der Waals surface area contributed by atoms with E-state index in [1.54, 1.807) is 5.06 Å². The predicted octanol–water partition coefficient (Wildman–Crippen LogP) is 2.76. The number of halogens is 2. The Labute approximate surface area is 94.3 Å². The highest BCUT2D eigenvalue weighted by Crippen LogP contribution is 2.10. The monoisotopic (exact) mass is 233 g/mol. The summed E-state index contributed by atoms with van der Waals surface area (Å²) in [5, 5.41) is 1.76. The molecule has 0 unspecified atom stereocenters. The fraction of sp³-hybridized carbons (Fsp3) is 0.400. The van der Waals surface area contributed by atoms with Gasteiger partial charge in [0.1, 0.15) is 5.75 Å². The number of hydrogen-bond donors (Lipinski definition) is 0. The van der Waals surface area contributed by atoms with Crippen molar-refractivity contribution in [1.82, 2.24) is 5.06 Å². The van der Waals surface area contributed by atoms with Crippen LogP contribution < -0.4 is 4.84 Å². The van der Waals surface area contributed by atoms with Gasteiger partial charge in [-0.1, -0.05) is 18.2 Å². The van der Waals surface area contributed by atoms with Crippen LogP contribution in [0.25, 0.3) is 0 Å². The van der Waals surface area contributed by atoms with Crippen LogP contribution in [0.1, 0.15) is 0 Å². The highest BCUT2D eigenvalue weighted by Gasteiger charge is 2.04. The third kappa shape index (κ3) is 4.18. The number of para-hydroxylation sites is 1. The molecular weight excluding hydrogens is 221 g/mol. The zero-order valence-corrected chi connectivity index (χ0v) is 9.34. The second-order valence-corrected chi connectivity index (χ2v) is 3.47. The van der Waals surface area contributed by atoms with E-state index in [9.17, 15) is 0 Å². The van der Waals surface area contributed by atoms with Gasteiger partial charge >= 0.3 is 0 Å². The molecular formula is C10H13Cl2NO. The van der Waals surface area contributed by atoms with Crippen molar-refractivity contribution in [3.05, 3.63) is 30.3 Å². The maximum absolute atomic E-state index is 5.63. The predicted molar refractivity (Wildman–Crippen MR) is 60.1 cm³/mol. The van der Waals surface area contributed by atoms with E-state index in [1.807, 2.05) is 30.3 Å². The lowest BCUT2D eigenvalue weighted by atomic mass is 10.3. The summed E-state index contributed by atoms with van der Waals surface area (Å²) in [5.41, 5.74) is 0. The van der Waals surface area contributed by atoms with Crippen LogP contribution in [0.5, 0.6) is 5.75 Å². The zero-order valence-electron chi connectivity index (χ0n) is 7.83. The molecule has 0 saturated heterocycles. The molecule has 0 saturated carbocycles. The molecule has 0 heterocycles. The minimum Gasteiger partial charge on any atom is -0.406 e. The fourth-order valence-corrected chi connectivity index (χ4v) is 1.40. The van der Waals surface area contributed by atoms with Crippen LogP contribution in [-0.4, -0.2) is 29.9 Å². The highest BCUT2D eigenvalue weighted by atomic mass is 35.5. The van der Waals surface area contributed by atoms with Gasteiger partial charge in [0.15, 0.2) is 0 Å². The average molecular weight is 234 g/mol. The maximum Gasteiger partial charge on any atom is 0.147 e. The summed E-state index contributed by atoms with van der Waals surface area (Å²) in [6.07, 6.45) is 0. The van der Waals surface area contributed by atoms with Crippen LogP contribution in [0.4, 0.5) is 0 Å². The van der Waals surface area contributed by atoms with Crippen molar-refractivity contribution in [1.29, 1.82) is 0 Å². The molecule has 0 radical (unpaired) electrons. The molecule has 0 aliphatic rings. The summed E-state index contributed by atoms with van der Waals surface area (Å²) in [7, 11) is 0. The minimum absolute atomic E-state index is 0.531. The van der Waals surface area contributed by atoms with Crippen molar-refractivity contribution >= 4 is 23.2 Å². The van der Waals surface area contributed by atoms with E-state index in [1.165, 1.54) is 0 Å². The summed E-state index contributed by atoms with van der Waals surface area (Å²) in [4.78, 5) is 5.56. The van der Waals surface area contributed by atoms with Crippen molar-refractivity contribution < 1.29 is 4.84 Å². The summed E-state index contributed by atoms with van der Waals surface area (Å²) in [6.45, 7) is 1.34. The lowest BCUT2D eigenvalue weighted by molar-refractivity contribution is -0.0470. The molecule has 0 fully saturated rings. The number of hydrogen-bond acceptors (Lipinski definition) is 2. The smallest absolute Gasteiger partial charge is 0.147 e. The van der Waals surface area contributed by atoms with Gasteiger partial charge in [0.05, 0.1) is 0 Å². The molecule has 2 nitrogen and oxygen atoms in total. The summed E-state index contributed by atoms with van der Waals surface area (Å²) in [6, 6.07) is 9.59. The molecule has 1 aromatic carbocycles. The molecule has 0 spiro atoms. The summed E-state index contributed by atoms with van der Waals surface area (Å²) in [5.74, 6) is 1.87. The van der Waals surface area contributed by atoms with E-state index in [4.69, 9.17) is 28.0 Å². The van der Waals surface area contributed by atoms with Gasteiger partial charge in [-0.3, -0.25) is 0 Å². The SMILES string of the molecule is ClCCN(CCCl)Oc1ccccc1. The Balaban J connectivity index is 2.46. The van der Waals surface area contributed by atoms with Gasteiger partial charge in [-0.2, -0.15) is 0 Å². The van der Waals surface area contributed by atoms with Gasteiger partial charge in [0.25, 0.3) is 0 Å². The second-order valence-electron chi connectivity index (χ2n) is 2.71. The maximum atomic E-state index is 5.63. The molecule has 0 aliphatic carbocycles. The normalized spacial score (nSPS) is 10.5. The topological polar surface area (TPSA) is 12.5 Å². The van der Waals surface area contributed by atoms with E-state index in [0.29, 0.717) is 24.8 Å². The highest BCUT2D eigenvalue weighted by molar-refractivity contribution is 6.18. The Morgan fingerprint density at radius 1 is 1.00 bits per heavy atom. The molecule has 1 rings (SSSR count). The van der Waals surface area contributed by atoms with Crippen molar-refractivity contribution in [2.24, 2.45) is 0 Å². The van der Waals surface area contributed by atoms with Crippen LogP contribution in [0.15, 0.2) is 30.3 Å². The summed E-state index contributed by atoms with van der Waals surface area (Å²) >= 11 is 11.3. The van der Waals surface area contributed by atoms with Gasteiger partial charge in [0, 0.05) is 24.8 Å². The average Bonchev–Trinajstić information content (AvgIpc) is 2.20. The van der Waals surface area contributed by atoms with E-state index in [2.05, 4.69) is 0 Å². The molecule has 0 bridgehead atoms. The van der Waals surface area contributed by atoms with Gasteiger partial charge in [-0.15, -0.1) is 28.3 Å². The first kappa shape index (κ1) is 11.6. The quantitative estimate of drug-likeness (QED) is 0.554. The Kier molecular flexibility index (Phi) is 5.76. The van der Waals surface area contributed by atoms with Crippen LogP contribution in [0.3, 0.4) is 0 Å². The van der Waals surface area contributed by atoms with Crippen molar-refractivity contribution in [3.8, 4) is 5.75 Å². The first-order valence-electron chi connectivity index (χ1n) is 4.46. The van der Waals surface area contributed by atoms with Crippen LogP contribution in [0, 0.1) is 0 Å². The van der Waals surface area contributed by atoms with E-state index in [-0.39, 0.29) is 0 Å². The van der Waals surface area contributed by atoms with Crippen molar-refractivity contribution in [3.63, 3.8) is 0 Å². The molecule has 78 valence electrons. The number of alkyl halides is 2. The Bertz CT molecular complexity index is 237. The fourth-order valence-electron chi connectivity index (χ4n) is 1.02. The van der Waals surface area contributed by atoms with E-state index >= 15 is 0 Å². The molecule has 0 aliphatic heterocycles. The third-order valence-electron chi connectivity index (χ3n) is 1.65. The first-order chi connectivity index (χ1) is 6.86. The molecule has 0 N–H and O–H groups in total. The van der Waals surface area contributed by atoms with Gasteiger partial charge < -0.3 is 4.84 Å². The van der Waals surface area contributed by atoms with Crippen LogP contribution in [0.2, 0.25) is 0 Å². The van der Waals surface area contributed by atoms with Gasteiger partial charge in [-0.25, -0.2) is 0 Å². The molecule has 0 atom stereocenters. The Hall–Kier alpha value is -0.440. The molecule has 0 aromatic heterocycles. The zero-order chi connectivity index (χ0) is 10.2. The Morgan fingerprint density at radius 3 is 2.07 bits per heavy atom. The molecule has 4 heteroatoms. The molecule has 0 amide bonds. The number of rotatable bonds is 6. The Morgan fingerprint density at radius 2 is 1.57 bits per heavy atom. The number of hydroxylamine groups is 2. The van der Waals surface area contributed by atoms with Gasteiger partial charge in [-0.05, 0) is 12.1 Å². The van der Waals surface area contributed by atoms with Crippen molar-refractivity contribution in [2.45, 2.75) is 0 Å². The number of benzene rings is 1.